The van der Waals surface area contributed by atoms with Crippen molar-refractivity contribution >= 4 is 5.91 Å². The molecule has 2 fully saturated rings. The standard InChI is InChI=1S/C75H129NO13/c1-3-5-7-9-11-13-15-17-19-21-23-25-27-28-29-30-31-32-33-34-35-37-38-40-42-44-46-48-50-52-54-56-58-64(79)63(62-86-74-72(85)70(83)73(66(61-78)88-74)89-75-71(84)69(82)68(81)65(60-77)87-75)76-67(80)59-57-55-53-51-49-47-45-43-41-39-36-26-24-22-20-18-16-14-12-10-8-6-4-2/h6,8,12,14,18,20,24,26,39,41,45,47-48,50-51,53,56,58,63-66,68-75,77-79,81-85H,3-5,7,9-11,13,15-17,19,21-23,25,27-38,40,42-44,46,49,52,54-55,57,59-62H2,1-2H3,(H,76,80)/b8-6-,14-12-,20-18-,26-24-,41-39-,47-45-,50-48+,53-51-,58-56+. The lowest BCUT2D eigenvalue weighted by molar-refractivity contribution is -0.359. The number of aliphatic hydroxyl groups excluding tert-OH is 8. The largest absolute Gasteiger partial charge is 0.394 e. The van der Waals surface area contributed by atoms with E-state index in [1.54, 1.807) is 6.08 Å². The molecule has 89 heavy (non-hydrogen) atoms. The molecule has 0 aromatic heterocycles. The fourth-order valence-electron chi connectivity index (χ4n) is 11.1. The highest BCUT2D eigenvalue weighted by atomic mass is 16.7. The Hall–Kier alpha value is -3.35. The van der Waals surface area contributed by atoms with Crippen molar-refractivity contribution in [2.75, 3.05) is 19.8 Å². The number of aliphatic hydroxyl groups is 8. The van der Waals surface area contributed by atoms with Gasteiger partial charge < -0.3 is 65.1 Å². The highest BCUT2D eigenvalue weighted by Crippen LogP contribution is 2.30. The van der Waals surface area contributed by atoms with Gasteiger partial charge in [0.05, 0.1) is 32.0 Å². The third-order valence-electron chi connectivity index (χ3n) is 16.7. The number of amides is 1. The van der Waals surface area contributed by atoms with Crippen molar-refractivity contribution in [2.45, 2.75) is 338 Å². The lowest BCUT2D eigenvalue weighted by Crippen LogP contribution is -2.65. The number of ether oxygens (including phenoxy) is 4. The van der Waals surface area contributed by atoms with Crippen LogP contribution in [0.1, 0.15) is 264 Å². The highest BCUT2D eigenvalue weighted by Gasteiger charge is 2.51. The molecule has 1 amide bonds. The van der Waals surface area contributed by atoms with Crippen LogP contribution in [0.2, 0.25) is 0 Å². The van der Waals surface area contributed by atoms with Crippen LogP contribution in [-0.2, 0) is 23.7 Å². The van der Waals surface area contributed by atoms with Crippen LogP contribution < -0.4 is 5.32 Å². The maximum Gasteiger partial charge on any atom is 0.220 e. The molecule has 12 atom stereocenters. The summed E-state index contributed by atoms with van der Waals surface area (Å²) < 4.78 is 22.8. The predicted molar refractivity (Wildman–Crippen MR) is 364 cm³/mol. The first-order valence-corrected chi connectivity index (χ1v) is 35.6. The smallest absolute Gasteiger partial charge is 0.220 e. The van der Waals surface area contributed by atoms with Gasteiger partial charge in [0.2, 0.25) is 5.91 Å². The van der Waals surface area contributed by atoms with Crippen LogP contribution in [0.3, 0.4) is 0 Å². The number of nitrogens with one attached hydrogen (secondary N) is 1. The zero-order valence-corrected chi connectivity index (χ0v) is 55.6. The Morgan fingerprint density at radius 2 is 0.787 bits per heavy atom. The lowest BCUT2D eigenvalue weighted by atomic mass is 9.97. The van der Waals surface area contributed by atoms with Crippen molar-refractivity contribution in [1.82, 2.24) is 5.32 Å². The summed E-state index contributed by atoms with van der Waals surface area (Å²) in [5.41, 5.74) is 0. The number of hydrogen-bond acceptors (Lipinski definition) is 13. The topological polar surface area (TPSA) is 228 Å². The summed E-state index contributed by atoms with van der Waals surface area (Å²) in [5, 5.41) is 87.3. The van der Waals surface area contributed by atoms with Gasteiger partial charge in [-0.1, -0.05) is 284 Å². The molecule has 2 aliphatic heterocycles. The Morgan fingerprint density at radius 1 is 0.416 bits per heavy atom. The SMILES string of the molecule is CC/C=C\C/C=C\C/C=C\C/C=C\C/C=C\C/C=C\C/C=C\CCCC(=O)NC(COC1OC(CO)C(OC2OC(CO)C(O)C(O)C2O)C(O)C1O)C(O)/C=C/CC/C=C/CCCCCCCCCCCCCCCCCCCCCCCCCCCC. The number of hydrogen-bond donors (Lipinski definition) is 9. The second-order valence-corrected chi connectivity index (χ2v) is 24.6. The molecule has 0 saturated carbocycles. The van der Waals surface area contributed by atoms with Crippen molar-refractivity contribution < 1.29 is 64.6 Å². The van der Waals surface area contributed by atoms with Crippen LogP contribution in [0.4, 0.5) is 0 Å². The minimum atomic E-state index is -1.80. The van der Waals surface area contributed by atoms with Gasteiger partial charge in [0.25, 0.3) is 0 Å². The van der Waals surface area contributed by atoms with Gasteiger partial charge in [0.15, 0.2) is 12.6 Å². The summed E-state index contributed by atoms with van der Waals surface area (Å²) in [7, 11) is 0. The van der Waals surface area contributed by atoms with E-state index in [0.29, 0.717) is 19.3 Å². The molecule has 0 radical (unpaired) electrons. The summed E-state index contributed by atoms with van der Waals surface area (Å²) in [6, 6.07) is -0.972. The third kappa shape index (κ3) is 42.5. The molecular formula is C75H129NO13. The van der Waals surface area contributed by atoms with Crippen molar-refractivity contribution in [3.8, 4) is 0 Å². The summed E-state index contributed by atoms with van der Waals surface area (Å²) in [6.07, 6.45) is 67.4. The summed E-state index contributed by atoms with van der Waals surface area (Å²) >= 11 is 0. The number of carbonyl (C=O) groups is 1. The van der Waals surface area contributed by atoms with Crippen LogP contribution in [0.15, 0.2) is 109 Å². The van der Waals surface area contributed by atoms with Gasteiger partial charge in [-0.05, 0) is 83.5 Å². The van der Waals surface area contributed by atoms with E-state index < -0.39 is 86.8 Å². The Kier molecular flexibility index (Phi) is 53.7. The van der Waals surface area contributed by atoms with Gasteiger partial charge in [-0.2, -0.15) is 0 Å². The molecule has 512 valence electrons. The van der Waals surface area contributed by atoms with E-state index in [1.807, 2.05) is 12.2 Å². The minimum absolute atomic E-state index is 0.187. The van der Waals surface area contributed by atoms with E-state index in [9.17, 15) is 45.6 Å². The normalized spacial score (nSPS) is 23.7. The number of carbonyl (C=O) groups excluding carboxylic acids is 1. The van der Waals surface area contributed by atoms with Crippen LogP contribution in [0.5, 0.6) is 0 Å². The summed E-state index contributed by atoms with van der Waals surface area (Å²) in [4.78, 5) is 13.3. The molecule has 2 heterocycles. The molecule has 0 spiro atoms. The quantitative estimate of drug-likeness (QED) is 0.0204. The number of rotatable bonds is 57. The number of allylic oxidation sites excluding steroid dienone is 17. The van der Waals surface area contributed by atoms with E-state index in [1.165, 1.54) is 167 Å². The first-order valence-electron chi connectivity index (χ1n) is 35.6. The molecule has 14 heteroatoms. The Morgan fingerprint density at radius 3 is 1.24 bits per heavy atom. The molecular weight excluding hydrogens is 1120 g/mol. The fraction of sp³-hybridized carbons (Fsp3) is 0.747. The van der Waals surface area contributed by atoms with Crippen molar-refractivity contribution in [3.63, 3.8) is 0 Å². The van der Waals surface area contributed by atoms with E-state index >= 15 is 0 Å². The minimum Gasteiger partial charge on any atom is -0.394 e. The Labute approximate surface area is 540 Å². The second kappa shape index (κ2) is 58.5. The van der Waals surface area contributed by atoms with Gasteiger partial charge in [-0.3, -0.25) is 4.79 Å². The van der Waals surface area contributed by atoms with E-state index in [4.69, 9.17) is 18.9 Å². The molecule has 12 unspecified atom stereocenters. The van der Waals surface area contributed by atoms with Crippen molar-refractivity contribution in [1.29, 1.82) is 0 Å². The van der Waals surface area contributed by atoms with Crippen LogP contribution >= 0.6 is 0 Å². The van der Waals surface area contributed by atoms with E-state index in [0.717, 1.165) is 57.8 Å². The monoisotopic (exact) mass is 1250 g/mol. The fourth-order valence-corrected chi connectivity index (χ4v) is 11.1. The third-order valence-corrected chi connectivity index (χ3v) is 16.7. The van der Waals surface area contributed by atoms with Gasteiger partial charge in [0, 0.05) is 6.42 Å². The maximum atomic E-state index is 13.3. The maximum absolute atomic E-state index is 13.3. The molecule has 14 nitrogen and oxygen atoms in total. The molecule has 2 saturated heterocycles. The molecule has 0 aliphatic carbocycles. The van der Waals surface area contributed by atoms with Gasteiger partial charge in [0.1, 0.15) is 48.8 Å². The van der Waals surface area contributed by atoms with Crippen molar-refractivity contribution in [3.05, 3.63) is 109 Å². The first-order chi connectivity index (χ1) is 43.6. The van der Waals surface area contributed by atoms with Crippen LogP contribution in [0, 0.1) is 0 Å². The molecule has 0 aromatic carbocycles. The average molecular weight is 1250 g/mol. The first kappa shape index (κ1) is 81.7. The lowest BCUT2D eigenvalue weighted by Gasteiger charge is -2.46. The van der Waals surface area contributed by atoms with Crippen molar-refractivity contribution in [2.24, 2.45) is 0 Å². The van der Waals surface area contributed by atoms with E-state index in [-0.39, 0.29) is 18.9 Å². The zero-order valence-electron chi connectivity index (χ0n) is 55.6. The molecule has 9 N–H and O–H groups in total. The molecule has 2 rings (SSSR count). The van der Waals surface area contributed by atoms with Gasteiger partial charge in [-0.25, -0.2) is 0 Å². The Balaban J connectivity index is 1.71. The molecule has 0 bridgehead atoms. The number of unbranched alkanes of at least 4 members (excludes halogenated alkanes) is 28. The zero-order chi connectivity index (χ0) is 64.5. The predicted octanol–water partition coefficient (Wildman–Crippen LogP) is 14.7. The summed E-state index contributed by atoms with van der Waals surface area (Å²) in [6.45, 7) is 2.64. The highest BCUT2D eigenvalue weighted by molar-refractivity contribution is 5.76. The second-order valence-electron chi connectivity index (χ2n) is 24.6. The van der Waals surface area contributed by atoms with Gasteiger partial charge >= 0.3 is 0 Å². The summed E-state index contributed by atoms with van der Waals surface area (Å²) in [5.74, 6) is -0.309. The van der Waals surface area contributed by atoms with Crippen LogP contribution in [0.25, 0.3) is 0 Å². The molecule has 0 aromatic rings. The van der Waals surface area contributed by atoms with Crippen LogP contribution in [-0.4, -0.2) is 140 Å². The van der Waals surface area contributed by atoms with E-state index in [2.05, 4.69) is 110 Å². The molecule has 2 aliphatic rings. The average Bonchev–Trinajstić information content (AvgIpc) is 3.63. The Bertz CT molecular complexity index is 1910. The van der Waals surface area contributed by atoms with Gasteiger partial charge in [-0.15, -0.1) is 0 Å².